The smallest absolute Gasteiger partial charge is 0.338 e. The van der Waals surface area contributed by atoms with E-state index >= 15 is 0 Å². The quantitative estimate of drug-likeness (QED) is 0.0728. The molecule has 3 heterocycles. The van der Waals surface area contributed by atoms with E-state index in [9.17, 15) is 19.7 Å². The average molecular weight is 775 g/mol. The van der Waals surface area contributed by atoms with Crippen molar-refractivity contribution in [1.82, 2.24) is 19.3 Å². The van der Waals surface area contributed by atoms with Gasteiger partial charge in [-0.25, -0.2) is 9.79 Å². The van der Waals surface area contributed by atoms with Gasteiger partial charge >= 0.3 is 5.97 Å². The van der Waals surface area contributed by atoms with Gasteiger partial charge in [0.1, 0.15) is 17.5 Å². The zero-order valence-electron chi connectivity index (χ0n) is 29.5. The Hall–Kier alpha value is -5.25. The maximum Gasteiger partial charge on any atom is 0.338 e. The van der Waals surface area contributed by atoms with Crippen LogP contribution in [0.15, 0.2) is 91.8 Å². The molecular weight excluding hydrogens is 740 g/mol. The molecule has 0 spiro atoms. The molecule has 1 aliphatic heterocycles. The lowest BCUT2D eigenvalue weighted by atomic mass is 9.93. The molecule has 2 aromatic heterocycles. The Morgan fingerprint density at radius 1 is 1.08 bits per heavy atom. The van der Waals surface area contributed by atoms with E-state index < -0.39 is 22.5 Å². The van der Waals surface area contributed by atoms with Gasteiger partial charge in [-0.3, -0.25) is 19.5 Å². The van der Waals surface area contributed by atoms with Crippen LogP contribution in [0.2, 0.25) is 5.02 Å². The van der Waals surface area contributed by atoms with E-state index in [1.165, 1.54) is 42.7 Å². The third-order valence-corrected chi connectivity index (χ3v) is 10.7. The van der Waals surface area contributed by atoms with E-state index in [1.807, 2.05) is 30.5 Å². The molecule has 0 aliphatic carbocycles. The topological polar surface area (TPSA) is 153 Å². The number of halogens is 1. The fourth-order valence-electron chi connectivity index (χ4n) is 6.05. The number of hydrogen-bond donors (Lipinski definition) is 0. The second-order valence-corrected chi connectivity index (χ2v) is 14.1. The van der Waals surface area contributed by atoms with E-state index in [0.29, 0.717) is 73.4 Å². The molecule has 13 nitrogen and oxygen atoms in total. The first kappa shape index (κ1) is 37.5. The second-order valence-electron chi connectivity index (χ2n) is 11.7. The number of aromatic nitrogens is 4. The molecule has 1 aliphatic rings. The van der Waals surface area contributed by atoms with Crippen LogP contribution in [0, 0.1) is 10.1 Å². The number of fused-ring (bicyclic) bond motifs is 1. The normalized spacial score (nSPS) is 14.2. The molecule has 0 fully saturated rings. The molecule has 6 rings (SSSR count). The lowest BCUT2D eigenvalue weighted by Gasteiger charge is -2.27. The van der Waals surface area contributed by atoms with Gasteiger partial charge < -0.3 is 18.8 Å². The number of methoxy groups -OCH3 is 2. The predicted octanol–water partition coefficient (Wildman–Crippen LogP) is 6.59. The van der Waals surface area contributed by atoms with Gasteiger partial charge in [0, 0.05) is 39.7 Å². The summed E-state index contributed by atoms with van der Waals surface area (Å²) in [4.78, 5) is 45.5. The first-order valence-electron chi connectivity index (χ1n) is 16.7. The number of carbonyl (C=O) groups excluding carboxylic acids is 1. The van der Waals surface area contributed by atoms with E-state index in [0.717, 1.165) is 16.9 Å². The van der Waals surface area contributed by atoms with Gasteiger partial charge in [-0.1, -0.05) is 48.4 Å². The van der Waals surface area contributed by atoms with Gasteiger partial charge in [-0.15, -0.1) is 10.2 Å². The van der Waals surface area contributed by atoms with Crippen LogP contribution in [-0.2, 0) is 16.1 Å². The number of carbonyl (C=O) groups is 1. The van der Waals surface area contributed by atoms with Gasteiger partial charge in [0.05, 0.1) is 41.6 Å². The van der Waals surface area contributed by atoms with Crippen LogP contribution in [0.5, 0.6) is 11.5 Å². The number of esters is 1. The number of nitro groups is 1. The van der Waals surface area contributed by atoms with Crippen molar-refractivity contribution in [2.45, 2.75) is 56.3 Å². The Morgan fingerprint density at radius 2 is 1.89 bits per heavy atom. The molecule has 53 heavy (non-hydrogen) atoms. The highest BCUT2D eigenvalue weighted by molar-refractivity contribution is 7.99. The molecule has 0 unspecified atom stereocenters. The van der Waals surface area contributed by atoms with E-state index in [1.54, 1.807) is 49.4 Å². The molecule has 0 amide bonds. The minimum absolute atomic E-state index is 0.119. The Labute approximate surface area is 317 Å². The van der Waals surface area contributed by atoms with Crippen LogP contribution in [0.3, 0.4) is 0 Å². The van der Waals surface area contributed by atoms with E-state index in [-0.39, 0.29) is 22.4 Å². The Bertz CT molecular complexity index is 2440. The summed E-state index contributed by atoms with van der Waals surface area (Å²) in [6, 6.07) is 16.0. The molecular formula is C37H35ClN6O7S2. The molecule has 0 saturated heterocycles. The molecule has 3 aromatic carbocycles. The molecule has 16 heteroatoms. The largest absolute Gasteiger partial charge is 0.497 e. The number of rotatable bonds is 13. The summed E-state index contributed by atoms with van der Waals surface area (Å²) in [6.45, 7) is 6.30. The summed E-state index contributed by atoms with van der Waals surface area (Å²) in [5, 5.41) is 21.9. The highest BCUT2D eigenvalue weighted by Crippen LogP contribution is 2.39. The maximum atomic E-state index is 14.6. The predicted molar refractivity (Wildman–Crippen MR) is 203 cm³/mol. The molecule has 274 valence electrons. The molecule has 0 N–H and O–H groups in total. The van der Waals surface area contributed by atoms with Crippen molar-refractivity contribution in [3.63, 3.8) is 0 Å². The molecule has 5 aromatic rings. The van der Waals surface area contributed by atoms with Crippen molar-refractivity contribution in [1.29, 1.82) is 0 Å². The van der Waals surface area contributed by atoms with Crippen molar-refractivity contribution < 1.29 is 23.9 Å². The number of ether oxygens (including phenoxy) is 3. The van der Waals surface area contributed by atoms with E-state index in [4.69, 9.17) is 30.8 Å². The first-order valence-corrected chi connectivity index (χ1v) is 18.7. The lowest BCUT2D eigenvalue weighted by molar-refractivity contribution is -0.384. The minimum atomic E-state index is -0.967. The monoisotopic (exact) mass is 774 g/mol. The van der Waals surface area contributed by atoms with Gasteiger partial charge in [-0.2, -0.15) is 0 Å². The highest BCUT2D eigenvalue weighted by Gasteiger charge is 2.36. The zero-order valence-corrected chi connectivity index (χ0v) is 31.9. The molecule has 0 radical (unpaired) electrons. The van der Waals surface area contributed by atoms with Gasteiger partial charge in [0.15, 0.2) is 15.8 Å². The standard InChI is InChI=1S/C37H35ClN6O7S2/c1-6-10-27-31(35(46)51-8-3)32(26-20-25(49-4)14-15-28(26)50-5)43-34(45)30(53-36(43)39-27)19-22-18-24(44(47)48)13-16-29(22)52-37-41-40-33(42(37)7-2)21-11-9-12-23(38)17-21/h9,11-20,32H,6-8,10H2,1-5H3/b30-19-/t32-/m0/s1. The second kappa shape index (κ2) is 16.2. The summed E-state index contributed by atoms with van der Waals surface area (Å²) < 4.78 is 20.4. The number of allylic oxidation sites excluding steroid dienone is 1. The Morgan fingerprint density at radius 3 is 2.57 bits per heavy atom. The summed E-state index contributed by atoms with van der Waals surface area (Å²) in [7, 11) is 3.03. The maximum absolute atomic E-state index is 14.6. The molecule has 0 saturated carbocycles. The summed E-state index contributed by atoms with van der Waals surface area (Å²) in [5.74, 6) is 0.942. The number of thiazole rings is 1. The van der Waals surface area contributed by atoms with Crippen LogP contribution in [0.25, 0.3) is 17.5 Å². The lowest BCUT2D eigenvalue weighted by Crippen LogP contribution is -2.40. The van der Waals surface area contributed by atoms with Gasteiger partial charge in [0.2, 0.25) is 0 Å². The number of nitrogens with zero attached hydrogens (tertiary/aromatic N) is 6. The van der Waals surface area contributed by atoms with Crippen LogP contribution in [0.4, 0.5) is 5.69 Å². The SMILES string of the molecule is CCCC1=C(C(=O)OCC)[C@H](c2cc(OC)ccc2OC)n2c(s/c(=C\c3cc([N+](=O)[O-])ccc3Sc3nnc(-c4cccc(Cl)c4)n3CC)c2=O)=N1. The third kappa shape index (κ3) is 7.50. The zero-order chi connectivity index (χ0) is 37.8. The number of nitro benzene ring substituents is 1. The molecule has 1 atom stereocenters. The van der Waals surface area contributed by atoms with E-state index in [2.05, 4.69) is 10.2 Å². The van der Waals surface area contributed by atoms with Crippen molar-refractivity contribution in [3.8, 4) is 22.9 Å². The van der Waals surface area contributed by atoms with Gasteiger partial charge in [0.25, 0.3) is 11.2 Å². The van der Waals surface area contributed by atoms with Crippen LogP contribution in [0.1, 0.15) is 50.8 Å². The fraction of sp³-hybridized carbons (Fsp3) is 0.270. The number of benzene rings is 3. The van der Waals surface area contributed by atoms with Crippen molar-refractivity contribution in [2.75, 3.05) is 20.8 Å². The van der Waals surface area contributed by atoms with Crippen molar-refractivity contribution in [2.24, 2.45) is 4.99 Å². The fourth-order valence-corrected chi connectivity index (χ4v) is 8.23. The van der Waals surface area contributed by atoms with Crippen molar-refractivity contribution >= 4 is 52.4 Å². The summed E-state index contributed by atoms with van der Waals surface area (Å²) >= 11 is 8.64. The van der Waals surface area contributed by atoms with Gasteiger partial charge in [-0.05, 0) is 80.1 Å². The number of hydrogen-bond acceptors (Lipinski definition) is 12. The minimum Gasteiger partial charge on any atom is -0.497 e. The molecule has 0 bridgehead atoms. The highest BCUT2D eigenvalue weighted by atomic mass is 35.5. The first-order chi connectivity index (χ1) is 25.6. The Kier molecular flexibility index (Phi) is 11.5. The number of non-ortho nitro benzene ring substituents is 1. The summed E-state index contributed by atoms with van der Waals surface area (Å²) in [6.07, 6.45) is 2.73. The Balaban J connectivity index is 1.55. The summed E-state index contributed by atoms with van der Waals surface area (Å²) in [5.41, 5.74) is 1.82. The van der Waals surface area contributed by atoms with Crippen molar-refractivity contribution in [3.05, 3.63) is 118 Å². The third-order valence-electron chi connectivity index (χ3n) is 8.43. The average Bonchev–Trinajstić information content (AvgIpc) is 3.70. The van der Waals surface area contributed by atoms with Crippen LogP contribution < -0.4 is 24.4 Å². The van der Waals surface area contributed by atoms with Crippen LogP contribution >= 0.6 is 34.7 Å². The van der Waals surface area contributed by atoms with Crippen LogP contribution in [-0.4, -0.2) is 51.1 Å².